The lowest BCUT2D eigenvalue weighted by atomic mass is 10.1. The molecule has 102 valence electrons. The Morgan fingerprint density at radius 2 is 1.95 bits per heavy atom. The third kappa shape index (κ3) is 2.61. The van der Waals surface area contributed by atoms with Crippen molar-refractivity contribution in [1.82, 2.24) is 10.2 Å². The topological polar surface area (TPSA) is 74.8 Å². The quantitative estimate of drug-likeness (QED) is 0.895. The van der Waals surface area contributed by atoms with E-state index in [1.165, 1.54) is 6.07 Å². The fourth-order valence-electron chi connectivity index (χ4n) is 2.15. The van der Waals surface area contributed by atoms with Crippen molar-refractivity contribution in [1.29, 1.82) is 0 Å². The van der Waals surface area contributed by atoms with Gasteiger partial charge in [0.05, 0.1) is 5.69 Å². The Hall–Kier alpha value is -2.43. The van der Waals surface area contributed by atoms with Gasteiger partial charge in [-0.3, -0.25) is 9.59 Å². The van der Waals surface area contributed by atoms with Gasteiger partial charge in [0.15, 0.2) is 0 Å². The smallest absolute Gasteiger partial charge is 0.264 e. The summed E-state index contributed by atoms with van der Waals surface area (Å²) < 4.78 is 0. The summed E-state index contributed by atoms with van der Waals surface area (Å²) in [5, 5.41) is 9.27. The van der Waals surface area contributed by atoms with Crippen molar-refractivity contribution in [3.8, 4) is 11.3 Å². The number of hydrogen-bond donors (Lipinski definition) is 2. The molecule has 1 amide bonds. The van der Waals surface area contributed by atoms with Crippen LogP contribution in [0.4, 0.5) is 5.69 Å². The van der Waals surface area contributed by atoms with Crippen LogP contribution in [0.3, 0.4) is 0 Å². The second kappa shape index (κ2) is 4.92. The highest BCUT2D eigenvalue weighted by molar-refractivity contribution is 5.94. The van der Waals surface area contributed by atoms with Crippen molar-refractivity contribution in [2.45, 2.75) is 13.3 Å². The lowest BCUT2D eigenvalue weighted by Gasteiger charge is -2.05. The molecule has 0 bridgehead atoms. The monoisotopic (exact) mass is 269 g/mol. The van der Waals surface area contributed by atoms with E-state index in [9.17, 15) is 9.59 Å². The minimum atomic E-state index is -0.226. The molecule has 2 atom stereocenters. The molecule has 0 radical (unpaired) electrons. The van der Waals surface area contributed by atoms with Crippen molar-refractivity contribution >= 4 is 11.6 Å². The Labute approximate surface area is 116 Å². The molecule has 2 N–H and O–H groups in total. The van der Waals surface area contributed by atoms with Crippen molar-refractivity contribution in [3.63, 3.8) is 0 Å². The molecule has 0 spiro atoms. The van der Waals surface area contributed by atoms with Gasteiger partial charge in [0.2, 0.25) is 5.91 Å². The van der Waals surface area contributed by atoms with Gasteiger partial charge in [-0.15, -0.1) is 0 Å². The van der Waals surface area contributed by atoms with E-state index < -0.39 is 0 Å². The minimum Gasteiger partial charge on any atom is -0.326 e. The van der Waals surface area contributed by atoms with Crippen LogP contribution in [0.1, 0.15) is 13.3 Å². The van der Waals surface area contributed by atoms with E-state index >= 15 is 0 Å². The zero-order valence-corrected chi connectivity index (χ0v) is 11.1. The number of hydrogen-bond acceptors (Lipinski definition) is 3. The van der Waals surface area contributed by atoms with E-state index in [2.05, 4.69) is 22.4 Å². The van der Waals surface area contributed by atoms with Crippen LogP contribution < -0.4 is 10.9 Å². The highest BCUT2D eigenvalue weighted by Crippen LogP contribution is 2.38. The molecule has 1 aromatic carbocycles. The van der Waals surface area contributed by atoms with Crippen LogP contribution in [-0.2, 0) is 4.79 Å². The second-order valence-corrected chi connectivity index (χ2v) is 5.19. The number of rotatable bonds is 3. The molecule has 2 aromatic rings. The van der Waals surface area contributed by atoms with Crippen LogP contribution in [0.25, 0.3) is 11.3 Å². The summed E-state index contributed by atoms with van der Waals surface area (Å²) in [6, 6.07) is 10.5. The zero-order chi connectivity index (χ0) is 14.1. The summed E-state index contributed by atoms with van der Waals surface area (Å²) in [6.45, 7) is 2.08. The van der Waals surface area contributed by atoms with E-state index in [4.69, 9.17) is 0 Å². The van der Waals surface area contributed by atoms with E-state index in [0.717, 1.165) is 17.7 Å². The average Bonchev–Trinajstić information content (AvgIpc) is 3.18. The first-order chi connectivity index (χ1) is 9.63. The summed E-state index contributed by atoms with van der Waals surface area (Å²) >= 11 is 0. The maximum atomic E-state index is 11.8. The third-order valence-corrected chi connectivity index (χ3v) is 3.57. The van der Waals surface area contributed by atoms with Crippen molar-refractivity contribution in [2.75, 3.05) is 5.32 Å². The molecular weight excluding hydrogens is 254 g/mol. The molecular formula is C15H15N3O2. The van der Waals surface area contributed by atoms with Gasteiger partial charge in [-0.05, 0) is 30.5 Å². The molecule has 20 heavy (non-hydrogen) atoms. The van der Waals surface area contributed by atoms with Gasteiger partial charge in [-0.25, -0.2) is 5.10 Å². The van der Waals surface area contributed by atoms with Gasteiger partial charge in [-0.2, -0.15) is 5.10 Å². The molecule has 2 unspecified atom stereocenters. The standard InChI is InChI=1S/C15H15N3O2/c1-9-8-12(9)15(20)16-11-4-2-10(3-5-11)13-6-7-14(19)18-17-13/h2-7,9,12H,8H2,1H3,(H,16,20)(H,18,19). The van der Waals surface area contributed by atoms with Crippen LogP contribution in [0, 0.1) is 11.8 Å². The van der Waals surface area contributed by atoms with Crippen LogP contribution in [0.2, 0.25) is 0 Å². The van der Waals surface area contributed by atoms with Gasteiger partial charge < -0.3 is 5.32 Å². The third-order valence-electron chi connectivity index (χ3n) is 3.57. The number of benzene rings is 1. The van der Waals surface area contributed by atoms with Crippen LogP contribution in [0.15, 0.2) is 41.2 Å². The molecule has 1 aliphatic carbocycles. The maximum Gasteiger partial charge on any atom is 0.264 e. The number of amides is 1. The summed E-state index contributed by atoms with van der Waals surface area (Å²) in [4.78, 5) is 22.8. The minimum absolute atomic E-state index is 0.0902. The first-order valence-electron chi connectivity index (χ1n) is 6.60. The molecule has 1 fully saturated rings. The number of anilines is 1. The van der Waals surface area contributed by atoms with Gasteiger partial charge in [0.25, 0.3) is 5.56 Å². The lowest BCUT2D eigenvalue weighted by Crippen LogP contribution is -2.14. The Balaban J connectivity index is 1.72. The lowest BCUT2D eigenvalue weighted by molar-refractivity contribution is -0.117. The first-order valence-corrected chi connectivity index (χ1v) is 6.60. The predicted molar refractivity (Wildman–Crippen MR) is 76.2 cm³/mol. The van der Waals surface area contributed by atoms with Crippen LogP contribution >= 0.6 is 0 Å². The number of carbonyl (C=O) groups excluding carboxylic acids is 1. The van der Waals surface area contributed by atoms with Crippen LogP contribution in [0.5, 0.6) is 0 Å². The van der Waals surface area contributed by atoms with E-state index in [-0.39, 0.29) is 17.4 Å². The zero-order valence-electron chi connectivity index (χ0n) is 11.1. The van der Waals surface area contributed by atoms with Crippen molar-refractivity contribution < 1.29 is 4.79 Å². The van der Waals surface area contributed by atoms with E-state index in [1.54, 1.807) is 6.07 Å². The van der Waals surface area contributed by atoms with Crippen LogP contribution in [-0.4, -0.2) is 16.1 Å². The van der Waals surface area contributed by atoms with E-state index in [0.29, 0.717) is 11.6 Å². The molecule has 1 aromatic heterocycles. The largest absolute Gasteiger partial charge is 0.326 e. The Bertz CT molecular complexity index is 671. The number of H-pyrrole nitrogens is 1. The SMILES string of the molecule is CC1CC1C(=O)Nc1ccc(-c2ccc(=O)[nH]n2)cc1. The molecule has 0 aliphatic heterocycles. The molecule has 1 heterocycles. The number of nitrogens with one attached hydrogen (secondary N) is 2. The Morgan fingerprint density at radius 3 is 2.50 bits per heavy atom. The summed E-state index contributed by atoms with van der Waals surface area (Å²) in [5.41, 5.74) is 2.13. The number of aromatic nitrogens is 2. The molecule has 0 saturated heterocycles. The molecule has 1 aliphatic rings. The van der Waals surface area contributed by atoms with E-state index in [1.807, 2.05) is 24.3 Å². The number of carbonyl (C=O) groups is 1. The van der Waals surface area contributed by atoms with Gasteiger partial charge in [0, 0.05) is 23.2 Å². The molecule has 3 rings (SSSR count). The van der Waals surface area contributed by atoms with Gasteiger partial charge in [0.1, 0.15) is 0 Å². The first kappa shape index (κ1) is 12.6. The Kier molecular flexibility index (Phi) is 3.10. The normalized spacial score (nSPS) is 20.4. The molecule has 1 saturated carbocycles. The highest BCUT2D eigenvalue weighted by Gasteiger charge is 2.38. The fraction of sp³-hybridized carbons (Fsp3) is 0.267. The molecule has 5 nitrogen and oxygen atoms in total. The number of aromatic amines is 1. The van der Waals surface area contributed by atoms with Gasteiger partial charge >= 0.3 is 0 Å². The number of nitrogens with zero attached hydrogens (tertiary/aromatic N) is 1. The fourth-order valence-corrected chi connectivity index (χ4v) is 2.15. The average molecular weight is 269 g/mol. The molecule has 5 heteroatoms. The second-order valence-electron chi connectivity index (χ2n) is 5.19. The predicted octanol–water partition coefficient (Wildman–Crippen LogP) is 2.03. The maximum absolute atomic E-state index is 11.8. The summed E-state index contributed by atoms with van der Waals surface area (Å²) in [7, 11) is 0. The Morgan fingerprint density at radius 1 is 1.25 bits per heavy atom. The summed E-state index contributed by atoms with van der Waals surface area (Å²) in [6.07, 6.45) is 0.977. The van der Waals surface area contributed by atoms with Gasteiger partial charge in [-0.1, -0.05) is 19.1 Å². The van der Waals surface area contributed by atoms with Crippen molar-refractivity contribution in [3.05, 3.63) is 46.8 Å². The highest BCUT2D eigenvalue weighted by atomic mass is 16.2. The van der Waals surface area contributed by atoms with Crippen molar-refractivity contribution in [2.24, 2.45) is 11.8 Å². The summed E-state index contributed by atoms with van der Waals surface area (Å²) in [5.74, 6) is 0.752.